The Morgan fingerprint density at radius 1 is 1.08 bits per heavy atom. The second-order valence-corrected chi connectivity index (χ2v) is 5.36. The van der Waals surface area contributed by atoms with Crippen LogP contribution in [-0.4, -0.2) is 6.04 Å². The summed E-state index contributed by atoms with van der Waals surface area (Å²) in [5, 5.41) is 0. The molecular formula is C12H23N. The fourth-order valence-electron chi connectivity index (χ4n) is 2.67. The van der Waals surface area contributed by atoms with Crippen molar-refractivity contribution in [1.82, 2.24) is 0 Å². The Morgan fingerprint density at radius 3 is 2.23 bits per heavy atom. The van der Waals surface area contributed by atoms with E-state index in [2.05, 4.69) is 6.92 Å². The molecule has 0 saturated heterocycles. The van der Waals surface area contributed by atoms with Crippen molar-refractivity contribution in [2.24, 2.45) is 23.5 Å². The van der Waals surface area contributed by atoms with Gasteiger partial charge in [0, 0.05) is 6.04 Å². The van der Waals surface area contributed by atoms with Crippen LogP contribution in [0.5, 0.6) is 0 Å². The van der Waals surface area contributed by atoms with E-state index in [1.54, 1.807) is 0 Å². The molecule has 1 unspecified atom stereocenters. The quantitative estimate of drug-likeness (QED) is 0.711. The van der Waals surface area contributed by atoms with Crippen molar-refractivity contribution in [2.75, 3.05) is 0 Å². The third-order valence-electron chi connectivity index (χ3n) is 3.97. The van der Waals surface area contributed by atoms with Gasteiger partial charge in [-0.25, -0.2) is 0 Å². The fraction of sp³-hybridized carbons (Fsp3) is 1.00. The Kier molecular flexibility index (Phi) is 2.92. The standard InChI is InChI=1S/C12H23N/c1-9-2-4-10(5-3-9)8-12(13)11-6-7-11/h9-12H,2-8,13H2,1H3. The summed E-state index contributed by atoms with van der Waals surface area (Å²) in [6.07, 6.45) is 9.92. The van der Waals surface area contributed by atoms with Crippen LogP contribution in [0.4, 0.5) is 0 Å². The van der Waals surface area contributed by atoms with Crippen LogP contribution < -0.4 is 5.73 Å². The van der Waals surface area contributed by atoms with Crippen molar-refractivity contribution in [3.05, 3.63) is 0 Å². The predicted molar refractivity (Wildman–Crippen MR) is 56.4 cm³/mol. The average molecular weight is 181 g/mol. The van der Waals surface area contributed by atoms with E-state index < -0.39 is 0 Å². The van der Waals surface area contributed by atoms with Crippen molar-refractivity contribution >= 4 is 0 Å². The van der Waals surface area contributed by atoms with Crippen LogP contribution in [0.25, 0.3) is 0 Å². The second kappa shape index (κ2) is 4.00. The molecule has 2 aliphatic rings. The van der Waals surface area contributed by atoms with Gasteiger partial charge >= 0.3 is 0 Å². The maximum atomic E-state index is 6.14. The first-order valence-corrected chi connectivity index (χ1v) is 6.01. The summed E-state index contributed by atoms with van der Waals surface area (Å²) in [5.74, 6) is 2.85. The molecule has 2 fully saturated rings. The third kappa shape index (κ3) is 2.70. The highest BCUT2D eigenvalue weighted by Crippen LogP contribution is 2.37. The van der Waals surface area contributed by atoms with Crippen molar-refractivity contribution in [1.29, 1.82) is 0 Å². The zero-order valence-electron chi connectivity index (χ0n) is 8.84. The second-order valence-electron chi connectivity index (χ2n) is 5.36. The Bertz CT molecular complexity index is 155. The first-order chi connectivity index (χ1) is 6.25. The van der Waals surface area contributed by atoms with Gasteiger partial charge in [0.25, 0.3) is 0 Å². The molecule has 0 aromatic heterocycles. The molecule has 0 spiro atoms. The summed E-state index contributed by atoms with van der Waals surface area (Å²) in [6.45, 7) is 2.39. The Hall–Kier alpha value is -0.0400. The summed E-state index contributed by atoms with van der Waals surface area (Å²) in [4.78, 5) is 0. The minimum atomic E-state index is 0.540. The van der Waals surface area contributed by atoms with Gasteiger partial charge in [0.1, 0.15) is 0 Å². The van der Waals surface area contributed by atoms with Crippen molar-refractivity contribution < 1.29 is 0 Å². The van der Waals surface area contributed by atoms with Gasteiger partial charge in [-0.15, -0.1) is 0 Å². The number of nitrogens with two attached hydrogens (primary N) is 1. The van der Waals surface area contributed by atoms with Gasteiger partial charge in [-0.1, -0.05) is 32.6 Å². The van der Waals surface area contributed by atoms with E-state index in [0.29, 0.717) is 6.04 Å². The van der Waals surface area contributed by atoms with E-state index >= 15 is 0 Å². The van der Waals surface area contributed by atoms with Gasteiger partial charge in [-0.2, -0.15) is 0 Å². The lowest BCUT2D eigenvalue weighted by Gasteiger charge is -2.28. The summed E-state index contributed by atoms with van der Waals surface area (Å²) in [5.41, 5.74) is 6.14. The maximum Gasteiger partial charge on any atom is 0.00698 e. The smallest absolute Gasteiger partial charge is 0.00698 e. The molecule has 2 N–H and O–H groups in total. The zero-order chi connectivity index (χ0) is 9.26. The molecule has 0 aromatic rings. The van der Waals surface area contributed by atoms with Gasteiger partial charge < -0.3 is 5.73 Å². The van der Waals surface area contributed by atoms with Crippen molar-refractivity contribution in [3.8, 4) is 0 Å². The molecule has 1 nitrogen and oxygen atoms in total. The van der Waals surface area contributed by atoms with Crippen LogP contribution in [-0.2, 0) is 0 Å². The highest BCUT2D eigenvalue weighted by molar-refractivity contribution is 4.86. The average Bonchev–Trinajstić information content (AvgIpc) is 2.91. The van der Waals surface area contributed by atoms with Crippen LogP contribution in [0.15, 0.2) is 0 Å². The van der Waals surface area contributed by atoms with E-state index in [9.17, 15) is 0 Å². The largest absolute Gasteiger partial charge is 0.327 e. The summed E-state index contributed by atoms with van der Waals surface area (Å²) in [6, 6.07) is 0.540. The molecule has 2 saturated carbocycles. The van der Waals surface area contributed by atoms with Gasteiger partial charge in [0.05, 0.1) is 0 Å². The molecule has 0 aliphatic heterocycles. The van der Waals surface area contributed by atoms with Crippen molar-refractivity contribution in [3.63, 3.8) is 0 Å². The van der Waals surface area contributed by atoms with Crippen molar-refractivity contribution in [2.45, 2.75) is 57.9 Å². The van der Waals surface area contributed by atoms with Crippen LogP contribution in [0.3, 0.4) is 0 Å². The molecule has 0 aromatic carbocycles. The third-order valence-corrected chi connectivity index (χ3v) is 3.97. The number of rotatable bonds is 3. The minimum Gasteiger partial charge on any atom is -0.327 e. The molecule has 1 atom stereocenters. The van der Waals surface area contributed by atoms with E-state index in [4.69, 9.17) is 5.73 Å². The normalized spacial score (nSPS) is 37.4. The van der Waals surface area contributed by atoms with Gasteiger partial charge in [-0.05, 0) is 37.0 Å². The molecule has 2 aliphatic carbocycles. The van der Waals surface area contributed by atoms with Crippen LogP contribution in [0.1, 0.15) is 51.9 Å². The Balaban J connectivity index is 1.69. The zero-order valence-corrected chi connectivity index (χ0v) is 8.84. The van der Waals surface area contributed by atoms with Gasteiger partial charge in [0.2, 0.25) is 0 Å². The number of hydrogen-bond acceptors (Lipinski definition) is 1. The molecule has 0 heterocycles. The maximum absolute atomic E-state index is 6.14. The van der Waals surface area contributed by atoms with Gasteiger partial charge in [-0.3, -0.25) is 0 Å². The van der Waals surface area contributed by atoms with E-state index in [1.165, 1.54) is 44.9 Å². The molecule has 1 heteroatoms. The first-order valence-electron chi connectivity index (χ1n) is 6.01. The lowest BCUT2D eigenvalue weighted by Crippen LogP contribution is -2.27. The molecular weight excluding hydrogens is 158 g/mol. The predicted octanol–water partition coefficient (Wildman–Crippen LogP) is 2.94. The monoisotopic (exact) mass is 181 g/mol. The first kappa shape index (κ1) is 9.51. The molecule has 0 bridgehead atoms. The SMILES string of the molecule is CC1CCC(CC(N)C2CC2)CC1. The van der Waals surface area contributed by atoms with Crippen LogP contribution in [0.2, 0.25) is 0 Å². The fourth-order valence-corrected chi connectivity index (χ4v) is 2.67. The molecule has 2 rings (SSSR count). The minimum absolute atomic E-state index is 0.540. The van der Waals surface area contributed by atoms with E-state index in [-0.39, 0.29) is 0 Å². The highest BCUT2D eigenvalue weighted by atomic mass is 14.7. The number of hydrogen-bond donors (Lipinski definition) is 1. The Morgan fingerprint density at radius 2 is 1.69 bits per heavy atom. The molecule has 13 heavy (non-hydrogen) atoms. The molecule has 0 amide bonds. The topological polar surface area (TPSA) is 26.0 Å². The summed E-state index contributed by atoms with van der Waals surface area (Å²) >= 11 is 0. The highest BCUT2D eigenvalue weighted by Gasteiger charge is 2.30. The van der Waals surface area contributed by atoms with Gasteiger partial charge in [0.15, 0.2) is 0 Å². The lowest BCUT2D eigenvalue weighted by molar-refractivity contribution is 0.259. The summed E-state index contributed by atoms with van der Waals surface area (Å²) in [7, 11) is 0. The van der Waals surface area contributed by atoms with Crippen LogP contribution in [0, 0.1) is 17.8 Å². The molecule has 76 valence electrons. The Labute approximate surface area is 82.1 Å². The van der Waals surface area contributed by atoms with E-state index in [0.717, 1.165) is 17.8 Å². The lowest BCUT2D eigenvalue weighted by atomic mass is 9.79. The molecule has 0 radical (unpaired) electrons. The van der Waals surface area contributed by atoms with E-state index in [1.807, 2.05) is 0 Å². The van der Waals surface area contributed by atoms with Crippen LogP contribution >= 0.6 is 0 Å². The summed E-state index contributed by atoms with van der Waals surface area (Å²) < 4.78 is 0.